The normalized spacial score (nSPS) is 28.6. The van der Waals surface area contributed by atoms with Crippen LogP contribution in [0.4, 0.5) is 13.2 Å². The highest BCUT2D eigenvalue weighted by atomic mass is 32.2. The van der Waals surface area contributed by atoms with Gasteiger partial charge in [0.05, 0.1) is 5.56 Å². The highest BCUT2D eigenvalue weighted by Crippen LogP contribution is 2.64. The van der Waals surface area contributed by atoms with Crippen LogP contribution in [0.3, 0.4) is 0 Å². The summed E-state index contributed by atoms with van der Waals surface area (Å²) in [5, 5.41) is 0. The van der Waals surface area contributed by atoms with Crippen LogP contribution in [0, 0.1) is 23.2 Å². The average Bonchev–Trinajstić information content (AvgIpc) is 2.66. The fourth-order valence-corrected chi connectivity index (χ4v) is 6.77. The van der Waals surface area contributed by atoms with Crippen LogP contribution in [-0.4, -0.2) is 43.3 Å². The van der Waals surface area contributed by atoms with Gasteiger partial charge in [0.25, 0.3) is 10.1 Å². The molecule has 0 aromatic heterocycles. The van der Waals surface area contributed by atoms with Crippen molar-refractivity contribution in [2.24, 2.45) is 23.2 Å². The van der Waals surface area contributed by atoms with Crippen molar-refractivity contribution in [2.45, 2.75) is 64.3 Å². The number of alkyl halides is 3. The van der Waals surface area contributed by atoms with Gasteiger partial charge in [-0.2, -0.15) is 8.42 Å². The van der Waals surface area contributed by atoms with Gasteiger partial charge >= 0.3 is 12.3 Å². The number of benzene rings is 1. The van der Waals surface area contributed by atoms with E-state index in [1.807, 2.05) is 13.8 Å². The lowest BCUT2D eigenvalue weighted by atomic mass is 9.46. The summed E-state index contributed by atoms with van der Waals surface area (Å²) in [5.74, 6) is -0.754. The zero-order valence-electron chi connectivity index (χ0n) is 19.1. The number of hydrogen-bond donors (Lipinski definition) is 1. The standard InChI is InChI=1S/C23H29F3O7S/c1-21(2,22-11-14-7-15(12-22)9-16(8-14)13-22)32-19-10-17(3-4-18(19)33-23(24,25)26)20(27)31-5-6-34(28,29)30/h3-4,10,14-16H,5-9,11-13H2,1-2H3,(H,28,29,30). The van der Waals surface area contributed by atoms with E-state index >= 15 is 0 Å². The Morgan fingerprint density at radius 1 is 1.03 bits per heavy atom. The quantitative estimate of drug-likeness (QED) is 0.391. The third-order valence-corrected chi connectivity index (χ3v) is 8.34. The Bertz CT molecular complexity index is 1010. The Balaban J connectivity index is 1.59. The molecule has 0 amide bonds. The minimum absolute atomic E-state index is 0.124. The Kier molecular flexibility index (Phi) is 6.33. The molecule has 0 spiro atoms. The summed E-state index contributed by atoms with van der Waals surface area (Å²) in [6, 6.07) is 3.19. The topological polar surface area (TPSA) is 99.1 Å². The van der Waals surface area contributed by atoms with E-state index in [-0.39, 0.29) is 16.7 Å². The molecule has 1 aromatic rings. The van der Waals surface area contributed by atoms with Gasteiger partial charge in [-0.05, 0) is 88.3 Å². The molecule has 1 N–H and O–H groups in total. The molecular weight excluding hydrogens is 477 g/mol. The summed E-state index contributed by atoms with van der Waals surface area (Å²) in [4.78, 5) is 12.3. The molecule has 7 nitrogen and oxygen atoms in total. The van der Waals surface area contributed by atoms with Gasteiger partial charge in [0.1, 0.15) is 18.0 Å². The Labute approximate surface area is 196 Å². The molecule has 190 valence electrons. The summed E-state index contributed by atoms with van der Waals surface area (Å²) in [6.07, 6.45) is 1.50. The third kappa shape index (κ3) is 5.45. The zero-order valence-corrected chi connectivity index (χ0v) is 19.9. The maximum absolute atomic E-state index is 13.1. The Hall–Kier alpha value is -2.01. The summed E-state index contributed by atoms with van der Waals surface area (Å²) in [6.45, 7) is 3.16. The fourth-order valence-electron chi connectivity index (χ4n) is 6.48. The minimum atomic E-state index is -4.96. The van der Waals surface area contributed by atoms with Crippen LogP contribution in [0.15, 0.2) is 18.2 Å². The van der Waals surface area contributed by atoms with E-state index in [0.29, 0.717) is 17.8 Å². The highest BCUT2D eigenvalue weighted by Gasteiger charge is 2.58. The number of ether oxygens (including phenoxy) is 3. The van der Waals surface area contributed by atoms with E-state index in [9.17, 15) is 26.4 Å². The average molecular weight is 507 g/mol. The molecule has 0 aliphatic heterocycles. The molecule has 4 saturated carbocycles. The smallest absolute Gasteiger partial charge is 0.483 e. The first-order valence-electron chi connectivity index (χ1n) is 11.4. The van der Waals surface area contributed by atoms with Crippen molar-refractivity contribution in [3.05, 3.63) is 23.8 Å². The van der Waals surface area contributed by atoms with Gasteiger partial charge in [-0.3, -0.25) is 4.55 Å². The summed E-state index contributed by atoms with van der Waals surface area (Å²) in [7, 11) is -4.33. The lowest BCUT2D eigenvalue weighted by Crippen LogP contribution is -2.58. The van der Waals surface area contributed by atoms with Gasteiger partial charge in [-0.1, -0.05) is 0 Å². The van der Waals surface area contributed by atoms with Crippen LogP contribution in [0.2, 0.25) is 0 Å². The summed E-state index contributed by atoms with van der Waals surface area (Å²) >= 11 is 0. The van der Waals surface area contributed by atoms with Gasteiger partial charge in [0.2, 0.25) is 0 Å². The van der Waals surface area contributed by atoms with Crippen LogP contribution < -0.4 is 9.47 Å². The van der Waals surface area contributed by atoms with Crippen molar-refractivity contribution in [1.82, 2.24) is 0 Å². The number of esters is 1. The second-order valence-electron chi connectivity index (χ2n) is 10.4. The molecule has 5 rings (SSSR count). The molecule has 1 aromatic carbocycles. The van der Waals surface area contributed by atoms with Crippen LogP contribution in [-0.2, 0) is 14.9 Å². The molecule has 11 heteroatoms. The maximum Gasteiger partial charge on any atom is 0.573 e. The van der Waals surface area contributed by atoms with E-state index in [1.54, 1.807) is 0 Å². The second-order valence-corrected chi connectivity index (χ2v) is 12.0. The lowest BCUT2D eigenvalue weighted by molar-refractivity contribution is -0.275. The summed E-state index contributed by atoms with van der Waals surface area (Å²) < 4.78 is 84.8. The van der Waals surface area contributed by atoms with Gasteiger partial charge in [0.15, 0.2) is 11.5 Å². The molecule has 0 saturated heterocycles. The first-order valence-corrected chi connectivity index (χ1v) is 13.0. The molecule has 0 atom stereocenters. The van der Waals surface area contributed by atoms with Gasteiger partial charge in [-0.15, -0.1) is 13.2 Å². The van der Waals surface area contributed by atoms with Gasteiger partial charge < -0.3 is 14.2 Å². The lowest BCUT2D eigenvalue weighted by Gasteiger charge is -2.61. The van der Waals surface area contributed by atoms with Crippen LogP contribution in [0.25, 0.3) is 0 Å². The number of carbonyl (C=O) groups excluding carboxylic acids is 1. The number of halogens is 3. The van der Waals surface area contributed by atoms with Gasteiger partial charge in [0, 0.05) is 5.41 Å². The molecule has 0 unspecified atom stereocenters. The first kappa shape index (κ1) is 25.1. The Morgan fingerprint density at radius 3 is 2.09 bits per heavy atom. The van der Waals surface area contributed by atoms with Crippen molar-refractivity contribution in [3.63, 3.8) is 0 Å². The molecule has 4 aliphatic carbocycles. The van der Waals surface area contributed by atoms with E-state index in [1.165, 1.54) is 19.3 Å². The second kappa shape index (κ2) is 8.58. The molecule has 34 heavy (non-hydrogen) atoms. The van der Waals surface area contributed by atoms with Crippen molar-refractivity contribution in [1.29, 1.82) is 0 Å². The molecular formula is C23H29F3O7S. The zero-order chi connectivity index (χ0) is 24.9. The van der Waals surface area contributed by atoms with E-state index in [2.05, 4.69) is 4.74 Å². The molecule has 0 radical (unpaired) electrons. The molecule has 0 heterocycles. The van der Waals surface area contributed by atoms with E-state index in [0.717, 1.165) is 37.5 Å². The predicted molar refractivity (Wildman–Crippen MR) is 115 cm³/mol. The van der Waals surface area contributed by atoms with Crippen molar-refractivity contribution in [3.8, 4) is 11.5 Å². The fraction of sp³-hybridized carbons (Fsp3) is 0.696. The number of hydrogen-bond acceptors (Lipinski definition) is 6. The van der Waals surface area contributed by atoms with Crippen molar-refractivity contribution < 1.29 is 45.1 Å². The first-order chi connectivity index (χ1) is 15.6. The van der Waals surface area contributed by atoms with Crippen molar-refractivity contribution >= 4 is 16.1 Å². The Morgan fingerprint density at radius 2 is 1.59 bits per heavy atom. The highest BCUT2D eigenvalue weighted by molar-refractivity contribution is 7.85. The van der Waals surface area contributed by atoms with Gasteiger partial charge in [-0.25, -0.2) is 4.79 Å². The monoisotopic (exact) mass is 506 g/mol. The maximum atomic E-state index is 13.1. The third-order valence-electron chi connectivity index (χ3n) is 7.66. The van der Waals surface area contributed by atoms with Crippen LogP contribution >= 0.6 is 0 Å². The number of carbonyl (C=O) groups is 1. The molecule has 4 fully saturated rings. The van der Waals surface area contributed by atoms with Crippen molar-refractivity contribution in [2.75, 3.05) is 12.4 Å². The molecule has 4 aliphatic rings. The van der Waals surface area contributed by atoms with Crippen LogP contribution in [0.5, 0.6) is 11.5 Å². The molecule has 4 bridgehead atoms. The number of rotatable bonds is 8. The summed E-state index contributed by atoms with van der Waals surface area (Å²) in [5.41, 5.74) is -1.12. The van der Waals surface area contributed by atoms with E-state index < -0.39 is 46.2 Å². The minimum Gasteiger partial charge on any atom is -0.483 e. The largest absolute Gasteiger partial charge is 0.573 e. The van der Waals surface area contributed by atoms with E-state index in [4.69, 9.17) is 14.0 Å². The predicted octanol–water partition coefficient (Wildman–Crippen LogP) is 5.00. The van der Waals surface area contributed by atoms with Crippen LogP contribution in [0.1, 0.15) is 62.7 Å². The SMILES string of the molecule is CC(C)(Oc1cc(C(=O)OCCS(=O)(=O)O)ccc1OC(F)(F)F)C12CC3CC(CC(C3)C1)C2.